The number of amides is 1. The number of carbonyl (C=O) groups excluding carboxylic acids is 1. The van der Waals surface area contributed by atoms with Crippen LogP contribution >= 0.6 is 0 Å². The first-order chi connectivity index (χ1) is 8.45. The smallest absolute Gasteiger partial charge is 0.240 e. The fourth-order valence-corrected chi connectivity index (χ4v) is 2.01. The average Bonchev–Trinajstić information content (AvgIpc) is 2.87. The monoisotopic (exact) mass is 251 g/mol. The van der Waals surface area contributed by atoms with E-state index in [4.69, 9.17) is 4.52 Å². The maximum Gasteiger partial charge on any atom is 0.240 e. The van der Waals surface area contributed by atoms with Gasteiger partial charge in [0.2, 0.25) is 11.8 Å². The first-order valence-electron chi connectivity index (χ1n) is 6.44. The van der Waals surface area contributed by atoms with E-state index < -0.39 is 0 Å². The molecular weight excluding hydrogens is 230 g/mol. The van der Waals surface area contributed by atoms with Crippen LogP contribution in [0.25, 0.3) is 0 Å². The number of aromatic nitrogens is 1. The molecule has 1 N–H and O–H groups in total. The fraction of sp³-hybridized carbons (Fsp3) is 0.692. The van der Waals surface area contributed by atoms with E-state index in [2.05, 4.69) is 36.1 Å². The molecule has 1 aliphatic heterocycles. The van der Waals surface area contributed by atoms with Crippen molar-refractivity contribution in [2.45, 2.75) is 39.0 Å². The summed E-state index contributed by atoms with van der Waals surface area (Å²) in [6.07, 6.45) is 2.37. The standard InChI is InChI=1S/C13H21N3O2/c1-13(2,3)10-8-12(18-15-10)14-11(17)9-16-6-4-5-7-16/h8H,4-7,9H2,1-3H3,(H,14,17). The molecule has 0 radical (unpaired) electrons. The average molecular weight is 251 g/mol. The number of anilines is 1. The molecule has 2 heterocycles. The van der Waals surface area contributed by atoms with Crippen LogP contribution in [0.3, 0.4) is 0 Å². The van der Waals surface area contributed by atoms with Crippen molar-refractivity contribution in [2.75, 3.05) is 25.0 Å². The molecule has 1 aliphatic rings. The Morgan fingerprint density at radius 2 is 2.11 bits per heavy atom. The number of likely N-dealkylation sites (tertiary alicyclic amines) is 1. The van der Waals surface area contributed by atoms with Gasteiger partial charge in [-0.3, -0.25) is 15.0 Å². The van der Waals surface area contributed by atoms with Crippen LogP contribution in [0.2, 0.25) is 0 Å². The number of nitrogens with zero attached hydrogens (tertiary/aromatic N) is 2. The van der Waals surface area contributed by atoms with Crippen LogP contribution in [0.1, 0.15) is 39.3 Å². The Labute approximate surface area is 108 Å². The van der Waals surface area contributed by atoms with Gasteiger partial charge in [0, 0.05) is 11.5 Å². The van der Waals surface area contributed by atoms with E-state index in [1.807, 2.05) is 0 Å². The quantitative estimate of drug-likeness (QED) is 0.892. The van der Waals surface area contributed by atoms with Crippen LogP contribution in [0.4, 0.5) is 5.88 Å². The SMILES string of the molecule is CC(C)(C)c1cc(NC(=O)CN2CCCC2)on1. The molecule has 5 nitrogen and oxygen atoms in total. The van der Waals surface area contributed by atoms with Crippen LogP contribution in [0, 0.1) is 0 Å². The number of hydrogen-bond acceptors (Lipinski definition) is 4. The van der Waals surface area contributed by atoms with Crippen molar-refractivity contribution in [3.8, 4) is 0 Å². The van der Waals surface area contributed by atoms with Gasteiger partial charge in [-0.15, -0.1) is 0 Å². The Bertz CT molecular complexity index is 414. The van der Waals surface area contributed by atoms with Crippen molar-refractivity contribution in [1.29, 1.82) is 0 Å². The molecule has 1 fully saturated rings. The first kappa shape index (κ1) is 13.1. The van der Waals surface area contributed by atoms with Gasteiger partial charge in [-0.1, -0.05) is 25.9 Å². The summed E-state index contributed by atoms with van der Waals surface area (Å²) in [7, 11) is 0. The first-order valence-corrected chi connectivity index (χ1v) is 6.44. The van der Waals surface area contributed by atoms with Crippen molar-refractivity contribution >= 4 is 11.8 Å². The maximum absolute atomic E-state index is 11.8. The van der Waals surface area contributed by atoms with Gasteiger partial charge < -0.3 is 4.52 Å². The second-order valence-electron chi connectivity index (χ2n) is 5.86. The minimum absolute atomic E-state index is 0.0338. The topological polar surface area (TPSA) is 58.4 Å². The Hall–Kier alpha value is -1.36. The van der Waals surface area contributed by atoms with Crippen molar-refractivity contribution < 1.29 is 9.32 Å². The van der Waals surface area contributed by atoms with Crippen LogP contribution in [0.5, 0.6) is 0 Å². The van der Waals surface area contributed by atoms with Crippen molar-refractivity contribution in [3.63, 3.8) is 0 Å². The number of hydrogen-bond donors (Lipinski definition) is 1. The van der Waals surface area contributed by atoms with E-state index in [0.29, 0.717) is 12.4 Å². The molecule has 0 atom stereocenters. The lowest BCUT2D eigenvalue weighted by molar-refractivity contribution is -0.117. The predicted octanol–water partition coefficient (Wildman–Crippen LogP) is 2.01. The highest BCUT2D eigenvalue weighted by atomic mass is 16.5. The molecule has 0 aliphatic carbocycles. The van der Waals surface area contributed by atoms with E-state index in [1.165, 1.54) is 12.8 Å². The largest absolute Gasteiger partial charge is 0.338 e. The molecule has 0 unspecified atom stereocenters. The molecule has 0 aromatic carbocycles. The lowest BCUT2D eigenvalue weighted by Crippen LogP contribution is -2.30. The molecule has 5 heteroatoms. The van der Waals surface area contributed by atoms with Crippen LogP contribution in [-0.4, -0.2) is 35.6 Å². The summed E-state index contributed by atoms with van der Waals surface area (Å²) in [5.74, 6) is 0.401. The summed E-state index contributed by atoms with van der Waals surface area (Å²) in [6, 6.07) is 1.79. The van der Waals surface area contributed by atoms with Gasteiger partial charge in [-0.25, -0.2) is 0 Å². The maximum atomic E-state index is 11.8. The summed E-state index contributed by atoms with van der Waals surface area (Å²) in [5.41, 5.74) is 0.778. The summed E-state index contributed by atoms with van der Waals surface area (Å²) >= 11 is 0. The zero-order valence-corrected chi connectivity index (χ0v) is 11.3. The van der Waals surface area contributed by atoms with E-state index in [-0.39, 0.29) is 11.3 Å². The molecule has 1 aromatic heterocycles. The van der Waals surface area contributed by atoms with Gasteiger partial charge in [-0.05, 0) is 25.9 Å². The molecule has 1 amide bonds. The highest BCUT2D eigenvalue weighted by Gasteiger charge is 2.20. The van der Waals surface area contributed by atoms with Gasteiger partial charge in [0.1, 0.15) is 0 Å². The zero-order chi connectivity index (χ0) is 13.2. The minimum atomic E-state index is -0.0680. The molecule has 18 heavy (non-hydrogen) atoms. The predicted molar refractivity (Wildman–Crippen MR) is 69.5 cm³/mol. The Balaban J connectivity index is 1.88. The summed E-state index contributed by atoms with van der Waals surface area (Å²) in [4.78, 5) is 13.9. The third-order valence-corrected chi connectivity index (χ3v) is 3.11. The van der Waals surface area contributed by atoms with Crippen LogP contribution < -0.4 is 5.32 Å². The molecule has 1 saturated heterocycles. The molecule has 0 bridgehead atoms. The van der Waals surface area contributed by atoms with Crippen molar-refractivity contribution in [3.05, 3.63) is 11.8 Å². The zero-order valence-electron chi connectivity index (χ0n) is 11.3. The normalized spacial score (nSPS) is 17.1. The van der Waals surface area contributed by atoms with Crippen molar-refractivity contribution in [2.24, 2.45) is 0 Å². The van der Waals surface area contributed by atoms with Crippen molar-refractivity contribution in [1.82, 2.24) is 10.1 Å². The number of nitrogens with one attached hydrogen (secondary N) is 1. The number of carbonyl (C=O) groups is 1. The van der Waals surface area contributed by atoms with Gasteiger partial charge >= 0.3 is 0 Å². The van der Waals surface area contributed by atoms with E-state index in [1.54, 1.807) is 6.07 Å². The molecule has 2 rings (SSSR count). The molecule has 0 spiro atoms. The van der Waals surface area contributed by atoms with E-state index in [0.717, 1.165) is 18.8 Å². The Morgan fingerprint density at radius 1 is 1.44 bits per heavy atom. The van der Waals surface area contributed by atoms with E-state index >= 15 is 0 Å². The van der Waals surface area contributed by atoms with Gasteiger partial charge in [0.05, 0.1) is 12.2 Å². The Kier molecular flexibility index (Phi) is 3.71. The lowest BCUT2D eigenvalue weighted by Gasteiger charge is -2.13. The lowest BCUT2D eigenvalue weighted by atomic mass is 9.92. The second kappa shape index (κ2) is 5.10. The summed E-state index contributed by atoms with van der Waals surface area (Å²) in [5, 5.41) is 6.72. The molecular formula is C13H21N3O2. The second-order valence-corrected chi connectivity index (χ2v) is 5.86. The van der Waals surface area contributed by atoms with Gasteiger partial charge in [0.15, 0.2) is 0 Å². The van der Waals surface area contributed by atoms with Crippen LogP contribution in [-0.2, 0) is 10.2 Å². The summed E-state index contributed by atoms with van der Waals surface area (Å²) in [6.45, 7) is 8.63. The third-order valence-electron chi connectivity index (χ3n) is 3.11. The van der Waals surface area contributed by atoms with Crippen LogP contribution in [0.15, 0.2) is 10.6 Å². The Morgan fingerprint density at radius 3 is 2.67 bits per heavy atom. The third kappa shape index (κ3) is 3.32. The molecule has 1 aromatic rings. The van der Waals surface area contributed by atoms with Gasteiger partial charge in [0.25, 0.3) is 0 Å². The van der Waals surface area contributed by atoms with Gasteiger partial charge in [-0.2, -0.15) is 0 Å². The number of rotatable bonds is 3. The van der Waals surface area contributed by atoms with E-state index in [9.17, 15) is 4.79 Å². The molecule has 0 saturated carbocycles. The molecule has 100 valence electrons. The fourth-order valence-electron chi connectivity index (χ4n) is 2.01. The highest BCUT2D eigenvalue weighted by molar-refractivity contribution is 5.91. The minimum Gasteiger partial charge on any atom is -0.338 e. The highest BCUT2D eigenvalue weighted by Crippen LogP contribution is 2.23. The summed E-state index contributed by atoms with van der Waals surface area (Å²) < 4.78 is 5.13.